The van der Waals surface area contributed by atoms with Gasteiger partial charge in [-0.2, -0.15) is 13.4 Å². The molecular formula is C15H11F2N5O3S. The number of benzene rings is 2. The fraction of sp³-hybridized carbons (Fsp3) is 0. The van der Waals surface area contributed by atoms with E-state index in [4.69, 9.17) is 0 Å². The predicted molar refractivity (Wildman–Crippen MR) is 87.9 cm³/mol. The van der Waals surface area contributed by atoms with E-state index in [1.54, 1.807) is 35.1 Å². The lowest BCUT2D eigenvalue weighted by atomic mass is 10.2. The number of carbonyl (C=O) groups is 1. The van der Waals surface area contributed by atoms with Crippen LogP contribution in [0.4, 0.5) is 20.4 Å². The molecule has 8 nitrogen and oxygen atoms in total. The van der Waals surface area contributed by atoms with Crippen molar-refractivity contribution >= 4 is 27.6 Å². The number of sulfonamides is 1. The van der Waals surface area contributed by atoms with Crippen LogP contribution in [0.3, 0.4) is 0 Å². The van der Waals surface area contributed by atoms with Gasteiger partial charge in [0, 0.05) is 5.56 Å². The van der Waals surface area contributed by atoms with Crippen molar-refractivity contribution in [3.63, 3.8) is 0 Å². The summed E-state index contributed by atoms with van der Waals surface area (Å²) in [6.07, 6.45) is 0. The van der Waals surface area contributed by atoms with Gasteiger partial charge in [0.15, 0.2) is 0 Å². The number of halogens is 2. The Morgan fingerprint density at radius 1 is 1.00 bits per heavy atom. The predicted octanol–water partition coefficient (Wildman–Crippen LogP) is 2.14. The molecule has 0 fully saturated rings. The van der Waals surface area contributed by atoms with Gasteiger partial charge in [-0.15, -0.1) is 5.10 Å². The molecule has 0 spiro atoms. The molecule has 0 saturated carbocycles. The van der Waals surface area contributed by atoms with Crippen molar-refractivity contribution in [1.29, 1.82) is 0 Å². The van der Waals surface area contributed by atoms with Crippen LogP contribution in [0, 0.1) is 11.6 Å². The number of para-hydroxylation sites is 1. The number of carbonyl (C=O) groups excluding carboxylic acids is 1. The molecule has 0 radical (unpaired) electrons. The van der Waals surface area contributed by atoms with Crippen LogP contribution < -0.4 is 10.0 Å². The average Bonchev–Trinajstić information content (AvgIpc) is 3.08. The third-order valence-electron chi connectivity index (χ3n) is 3.17. The summed E-state index contributed by atoms with van der Waals surface area (Å²) in [5, 5.41) is 7.21. The highest BCUT2D eigenvalue weighted by molar-refractivity contribution is 7.92. The number of anilines is 2. The lowest BCUT2D eigenvalue weighted by Crippen LogP contribution is -2.17. The molecular weight excluding hydrogens is 368 g/mol. The molecule has 1 heterocycles. The summed E-state index contributed by atoms with van der Waals surface area (Å²) in [7, 11) is -4.47. The van der Waals surface area contributed by atoms with E-state index in [1.165, 1.54) is 0 Å². The number of amides is 1. The molecule has 0 atom stereocenters. The van der Waals surface area contributed by atoms with Gasteiger partial charge in [-0.3, -0.25) is 14.8 Å². The monoisotopic (exact) mass is 379 g/mol. The Balaban J connectivity index is 1.79. The van der Waals surface area contributed by atoms with Gasteiger partial charge in [-0.05, 0) is 24.3 Å². The number of nitrogens with zero attached hydrogens (tertiary/aromatic N) is 2. The van der Waals surface area contributed by atoms with Crippen molar-refractivity contribution in [3.05, 3.63) is 65.7 Å². The Bertz CT molecular complexity index is 1030. The quantitative estimate of drug-likeness (QED) is 0.628. The maximum atomic E-state index is 13.6. The number of rotatable bonds is 5. The van der Waals surface area contributed by atoms with Crippen molar-refractivity contribution in [2.45, 2.75) is 5.16 Å². The van der Waals surface area contributed by atoms with Gasteiger partial charge in [-0.1, -0.05) is 24.3 Å². The van der Waals surface area contributed by atoms with E-state index in [0.717, 1.165) is 18.2 Å². The van der Waals surface area contributed by atoms with Crippen molar-refractivity contribution in [1.82, 2.24) is 15.2 Å². The van der Waals surface area contributed by atoms with Crippen LogP contribution in [-0.2, 0) is 10.0 Å². The van der Waals surface area contributed by atoms with E-state index in [2.05, 4.69) is 20.5 Å². The molecule has 0 bridgehead atoms. The molecule has 1 amide bonds. The number of aromatic amines is 1. The highest BCUT2D eigenvalue weighted by Crippen LogP contribution is 2.21. The van der Waals surface area contributed by atoms with Crippen molar-refractivity contribution < 1.29 is 22.0 Å². The van der Waals surface area contributed by atoms with Crippen LogP contribution in [0.15, 0.2) is 53.7 Å². The molecule has 11 heteroatoms. The highest BCUT2D eigenvalue weighted by atomic mass is 32.2. The largest absolute Gasteiger partial charge is 0.299 e. The van der Waals surface area contributed by atoms with Gasteiger partial charge in [0.25, 0.3) is 21.1 Å². The number of nitrogens with one attached hydrogen (secondary N) is 3. The van der Waals surface area contributed by atoms with Crippen LogP contribution in [0.25, 0.3) is 0 Å². The number of hydrogen-bond donors (Lipinski definition) is 3. The second-order valence-electron chi connectivity index (χ2n) is 4.99. The SMILES string of the molecule is O=C(Nc1nc(S(=O)(=O)Nc2c(F)cccc2F)n[nH]1)c1ccccc1. The van der Waals surface area contributed by atoms with Crippen LogP contribution >= 0.6 is 0 Å². The van der Waals surface area contributed by atoms with E-state index in [1.807, 2.05) is 0 Å². The van der Waals surface area contributed by atoms with Crippen molar-refractivity contribution in [3.8, 4) is 0 Å². The van der Waals surface area contributed by atoms with Crippen LogP contribution in [0.1, 0.15) is 10.4 Å². The minimum Gasteiger partial charge on any atom is -0.291 e. The van der Waals surface area contributed by atoms with Gasteiger partial charge < -0.3 is 0 Å². The van der Waals surface area contributed by atoms with Crippen LogP contribution in [-0.4, -0.2) is 29.5 Å². The molecule has 0 aliphatic heterocycles. The second-order valence-corrected chi connectivity index (χ2v) is 6.57. The van der Waals surface area contributed by atoms with Crippen LogP contribution in [0.5, 0.6) is 0 Å². The molecule has 0 aliphatic rings. The van der Waals surface area contributed by atoms with Gasteiger partial charge in [0.05, 0.1) is 0 Å². The number of H-pyrrole nitrogens is 1. The van der Waals surface area contributed by atoms with Gasteiger partial charge in [0.1, 0.15) is 17.3 Å². The third-order valence-corrected chi connectivity index (χ3v) is 4.31. The summed E-state index contributed by atoms with van der Waals surface area (Å²) in [4.78, 5) is 15.6. The molecule has 0 saturated heterocycles. The number of aromatic nitrogens is 3. The highest BCUT2D eigenvalue weighted by Gasteiger charge is 2.24. The first kappa shape index (κ1) is 17.5. The first-order chi connectivity index (χ1) is 12.4. The summed E-state index contributed by atoms with van der Waals surface area (Å²) in [5.41, 5.74) is -0.535. The van der Waals surface area contributed by atoms with Gasteiger partial charge in [-0.25, -0.2) is 13.9 Å². The number of hydrogen-bond acceptors (Lipinski definition) is 5. The summed E-state index contributed by atoms with van der Waals surface area (Å²) >= 11 is 0. The first-order valence-electron chi connectivity index (χ1n) is 7.12. The molecule has 0 aliphatic carbocycles. The first-order valence-corrected chi connectivity index (χ1v) is 8.61. The smallest absolute Gasteiger partial charge is 0.291 e. The molecule has 3 aromatic rings. The van der Waals surface area contributed by atoms with E-state index < -0.39 is 38.4 Å². The summed E-state index contributed by atoms with van der Waals surface area (Å²) in [6.45, 7) is 0. The average molecular weight is 379 g/mol. The fourth-order valence-corrected chi connectivity index (χ4v) is 2.90. The normalized spacial score (nSPS) is 11.2. The second kappa shape index (κ2) is 6.88. The molecule has 3 N–H and O–H groups in total. The maximum absolute atomic E-state index is 13.6. The van der Waals surface area contributed by atoms with E-state index >= 15 is 0 Å². The zero-order chi connectivity index (χ0) is 18.7. The lowest BCUT2D eigenvalue weighted by Gasteiger charge is -2.06. The fourth-order valence-electron chi connectivity index (χ4n) is 1.97. The maximum Gasteiger partial charge on any atom is 0.299 e. The summed E-state index contributed by atoms with van der Waals surface area (Å²) in [5.74, 6) is -2.98. The minimum atomic E-state index is -4.47. The lowest BCUT2D eigenvalue weighted by molar-refractivity contribution is 0.102. The minimum absolute atomic E-state index is 0.242. The summed E-state index contributed by atoms with van der Waals surface area (Å²) < 4.78 is 53.3. The van der Waals surface area contributed by atoms with Crippen molar-refractivity contribution in [2.75, 3.05) is 10.0 Å². The Morgan fingerprint density at radius 3 is 2.31 bits per heavy atom. The third kappa shape index (κ3) is 3.67. The van der Waals surface area contributed by atoms with Gasteiger partial charge >= 0.3 is 0 Å². The summed E-state index contributed by atoms with van der Waals surface area (Å²) in [6, 6.07) is 11.0. The zero-order valence-corrected chi connectivity index (χ0v) is 13.7. The molecule has 134 valence electrons. The van der Waals surface area contributed by atoms with E-state index in [-0.39, 0.29) is 5.95 Å². The van der Waals surface area contributed by atoms with Gasteiger partial charge in [0.2, 0.25) is 5.95 Å². The van der Waals surface area contributed by atoms with Crippen molar-refractivity contribution in [2.24, 2.45) is 0 Å². The molecule has 0 unspecified atom stereocenters. The standard InChI is InChI=1S/C15H11F2N5O3S/c16-10-7-4-8-11(17)12(10)22-26(24,25)15-19-14(20-21-15)18-13(23)9-5-2-1-3-6-9/h1-8,22H,(H2,18,19,20,21,23). The Morgan fingerprint density at radius 2 is 1.65 bits per heavy atom. The Hall–Kier alpha value is -3.34. The molecule has 3 rings (SSSR count). The topological polar surface area (TPSA) is 117 Å². The van der Waals surface area contributed by atoms with E-state index in [0.29, 0.717) is 5.56 Å². The Labute approximate surface area is 146 Å². The van der Waals surface area contributed by atoms with Crippen LogP contribution in [0.2, 0.25) is 0 Å². The Kier molecular flexibility index (Phi) is 4.63. The zero-order valence-electron chi connectivity index (χ0n) is 12.9. The van der Waals surface area contributed by atoms with E-state index in [9.17, 15) is 22.0 Å². The molecule has 26 heavy (non-hydrogen) atoms. The molecule has 1 aromatic heterocycles. The molecule has 2 aromatic carbocycles.